The van der Waals surface area contributed by atoms with Crippen LogP contribution in [0.25, 0.3) is 22.6 Å². The van der Waals surface area contributed by atoms with E-state index in [-0.39, 0.29) is 0 Å². The van der Waals surface area contributed by atoms with Gasteiger partial charge < -0.3 is 4.42 Å². The minimum atomic E-state index is 0.635. The number of para-hydroxylation sites is 1. The van der Waals surface area contributed by atoms with Crippen molar-refractivity contribution in [3.05, 3.63) is 78.9 Å². The fraction of sp³-hybridized carbons (Fsp3) is 0.100. The lowest BCUT2D eigenvalue weighted by atomic mass is 10.2. The average molecular weight is 347 g/mol. The van der Waals surface area contributed by atoms with Gasteiger partial charge in [0.05, 0.1) is 0 Å². The Kier molecular flexibility index (Phi) is 4.39. The smallest absolute Gasteiger partial charge is 0.200 e. The zero-order valence-corrected chi connectivity index (χ0v) is 14.4. The maximum absolute atomic E-state index is 5.95. The van der Waals surface area contributed by atoms with Gasteiger partial charge in [-0.25, -0.2) is 0 Å². The molecule has 0 saturated carbocycles. The largest absolute Gasteiger partial charge is 0.453 e. The quantitative estimate of drug-likeness (QED) is 0.356. The summed E-state index contributed by atoms with van der Waals surface area (Å²) >= 11 is 1.66. The van der Waals surface area contributed by atoms with Crippen LogP contribution in [0.4, 0.5) is 0 Å². The summed E-state index contributed by atoms with van der Waals surface area (Å²) < 4.78 is 7.99. The van der Waals surface area contributed by atoms with Crippen LogP contribution in [-0.2, 0) is 12.3 Å². The second-order valence-corrected chi connectivity index (χ2v) is 6.57. The summed E-state index contributed by atoms with van der Waals surface area (Å²) in [4.78, 5) is 0. The van der Waals surface area contributed by atoms with Crippen molar-refractivity contribution in [2.45, 2.75) is 17.5 Å². The van der Waals surface area contributed by atoms with Gasteiger partial charge in [0.25, 0.3) is 0 Å². The van der Waals surface area contributed by atoms with Crippen LogP contribution in [0.15, 0.2) is 82.9 Å². The second-order valence-electron chi connectivity index (χ2n) is 5.63. The van der Waals surface area contributed by atoms with E-state index in [0.29, 0.717) is 6.54 Å². The zero-order chi connectivity index (χ0) is 17.1. The molecular weight excluding hydrogens is 330 g/mol. The summed E-state index contributed by atoms with van der Waals surface area (Å²) in [7, 11) is 0. The molecule has 4 aromatic rings. The number of thioether (sulfide) groups is 1. The first-order valence-electron chi connectivity index (χ1n) is 8.05. The number of aromatic nitrogens is 3. The van der Waals surface area contributed by atoms with Crippen LogP contribution in [0, 0.1) is 0 Å². The Balaban J connectivity index is 1.66. The van der Waals surface area contributed by atoms with Gasteiger partial charge in [-0.2, -0.15) is 0 Å². The van der Waals surface area contributed by atoms with Crippen molar-refractivity contribution >= 4 is 22.7 Å². The Labute approximate surface area is 150 Å². The van der Waals surface area contributed by atoms with Crippen LogP contribution in [0.3, 0.4) is 0 Å². The highest BCUT2D eigenvalue weighted by Crippen LogP contribution is 2.30. The van der Waals surface area contributed by atoms with Gasteiger partial charge in [0.15, 0.2) is 10.9 Å². The molecule has 124 valence electrons. The molecular formula is C20H17N3OS. The van der Waals surface area contributed by atoms with Gasteiger partial charge in [0, 0.05) is 17.7 Å². The van der Waals surface area contributed by atoms with E-state index in [0.717, 1.165) is 33.5 Å². The number of benzene rings is 2. The fourth-order valence-corrected chi connectivity index (χ4v) is 3.59. The molecule has 0 aliphatic carbocycles. The topological polar surface area (TPSA) is 43.9 Å². The Morgan fingerprint density at radius 2 is 1.84 bits per heavy atom. The summed E-state index contributed by atoms with van der Waals surface area (Å²) in [5.41, 5.74) is 2.11. The van der Waals surface area contributed by atoms with Crippen molar-refractivity contribution in [2.24, 2.45) is 0 Å². The number of nitrogens with zero attached hydrogens (tertiary/aromatic N) is 3. The first-order valence-corrected chi connectivity index (χ1v) is 9.03. The monoisotopic (exact) mass is 347 g/mol. The molecule has 0 bridgehead atoms. The van der Waals surface area contributed by atoms with E-state index in [1.165, 1.54) is 5.56 Å². The molecule has 0 atom stereocenters. The van der Waals surface area contributed by atoms with Crippen molar-refractivity contribution in [2.75, 3.05) is 0 Å². The minimum absolute atomic E-state index is 0.635. The highest BCUT2D eigenvalue weighted by Gasteiger charge is 2.17. The number of rotatable bonds is 6. The predicted molar refractivity (Wildman–Crippen MR) is 101 cm³/mol. The third-order valence-electron chi connectivity index (χ3n) is 3.89. The van der Waals surface area contributed by atoms with Gasteiger partial charge in [0.2, 0.25) is 5.82 Å². The molecule has 25 heavy (non-hydrogen) atoms. The zero-order valence-electron chi connectivity index (χ0n) is 13.6. The summed E-state index contributed by atoms with van der Waals surface area (Å²) in [6.07, 6.45) is 1.85. The number of furan rings is 1. The molecule has 5 heteroatoms. The van der Waals surface area contributed by atoms with E-state index in [4.69, 9.17) is 4.42 Å². The molecule has 0 unspecified atom stereocenters. The predicted octanol–water partition coefficient (Wildman–Crippen LogP) is 5.17. The van der Waals surface area contributed by atoms with Crippen LogP contribution in [-0.4, -0.2) is 14.8 Å². The van der Waals surface area contributed by atoms with Crippen molar-refractivity contribution in [3.8, 4) is 11.6 Å². The Morgan fingerprint density at radius 1 is 1.04 bits per heavy atom. The molecule has 0 radical (unpaired) electrons. The van der Waals surface area contributed by atoms with Crippen molar-refractivity contribution in [1.82, 2.24) is 14.8 Å². The number of hydrogen-bond donors (Lipinski definition) is 0. The molecule has 4 rings (SSSR count). The molecule has 0 N–H and O–H groups in total. The summed E-state index contributed by atoms with van der Waals surface area (Å²) in [6, 6.07) is 20.3. The molecule has 0 saturated heterocycles. The van der Waals surface area contributed by atoms with Gasteiger partial charge in [-0.05, 0) is 17.7 Å². The van der Waals surface area contributed by atoms with E-state index in [2.05, 4.69) is 28.9 Å². The van der Waals surface area contributed by atoms with Crippen molar-refractivity contribution < 1.29 is 4.42 Å². The van der Waals surface area contributed by atoms with E-state index in [9.17, 15) is 0 Å². The minimum Gasteiger partial charge on any atom is -0.453 e. The molecule has 0 aliphatic rings. The lowest BCUT2D eigenvalue weighted by molar-refractivity contribution is 0.613. The molecule has 0 fully saturated rings. The normalized spacial score (nSPS) is 11.0. The number of hydrogen-bond acceptors (Lipinski definition) is 4. The van der Waals surface area contributed by atoms with Gasteiger partial charge in [-0.3, -0.25) is 4.57 Å². The van der Waals surface area contributed by atoms with Crippen molar-refractivity contribution in [3.63, 3.8) is 0 Å². The lowest BCUT2D eigenvalue weighted by Gasteiger charge is -2.06. The Bertz CT molecular complexity index is 971. The van der Waals surface area contributed by atoms with Crippen molar-refractivity contribution in [1.29, 1.82) is 0 Å². The molecule has 0 amide bonds. The Hall–Kier alpha value is -2.79. The van der Waals surface area contributed by atoms with Gasteiger partial charge in [-0.15, -0.1) is 16.8 Å². The number of allylic oxidation sites excluding steroid dienone is 1. The van der Waals surface area contributed by atoms with Gasteiger partial charge >= 0.3 is 0 Å². The van der Waals surface area contributed by atoms with Gasteiger partial charge in [0.1, 0.15) is 5.58 Å². The second kappa shape index (κ2) is 6.99. The molecule has 2 heterocycles. The van der Waals surface area contributed by atoms with Crippen LogP contribution < -0.4 is 0 Å². The first kappa shape index (κ1) is 15.7. The average Bonchev–Trinajstić information content (AvgIpc) is 3.25. The highest BCUT2D eigenvalue weighted by atomic mass is 32.2. The van der Waals surface area contributed by atoms with E-state index >= 15 is 0 Å². The Morgan fingerprint density at radius 3 is 2.64 bits per heavy atom. The SMILES string of the molecule is C=CCn1c(SCc2ccccc2)nnc1-c1cc2ccccc2o1. The molecule has 0 spiro atoms. The molecule has 2 aromatic heterocycles. The standard InChI is InChI=1S/C20H17N3OS/c1-2-12-23-19(18-13-16-10-6-7-11-17(16)24-18)21-22-20(23)25-14-15-8-4-3-5-9-15/h2-11,13H,1,12,14H2. The first-order chi connectivity index (χ1) is 12.3. The highest BCUT2D eigenvalue weighted by molar-refractivity contribution is 7.98. The number of fused-ring (bicyclic) bond motifs is 1. The van der Waals surface area contributed by atoms with Crippen LogP contribution >= 0.6 is 11.8 Å². The molecule has 2 aromatic carbocycles. The third kappa shape index (κ3) is 3.23. The maximum Gasteiger partial charge on any atom is 0.200 e. The fourth-order valence-electron chi connectivity index (χ4n) is 2.69. The maximum atomic E-state index is 5.95. The summed E-state index contributed by atoms with van der Waals surface area (Å²) in [5.74, 6) is 2.30. The van der Waals surface area contributed by atoms with Gasteiger partial charge in [-0.1, -0.05) is 66.4 Å². The van der Waals surface area contributed by atoms with E-state index < -0.39 is 0 Å². The molecule has 0 aliphatic heterocycles. The van der Waals surface area contributed by atoms with E-state index in [1.807, 2.05) is 59.2 Å². The van der Waals surface area contributed by atoms with Crippen LogP contribution in [0.1, 0.15) is 5.56 Å². The van der Waals surface area contributed by atoms with Crippen LogP contribution in [0.5, 0.6) is 0 Å². The lowest BCUT2D eigenvalue weighted by Crippen LogP contribution is -2.00. The summed E-state index contributed by atoms with van der Waals surface area (Å²) in [5, 5.41) is 10.6. The third-order valence-corrected chi connectivity index (χ3v) is 4.92. The molecule has 4 nitrogen and oxygen atoms in total. The summed E-state index contributed by atoms with van der Waals surface area (Å²) in [6.45, 7) is 4.49. The van der Waals surface area contributed by atoms with Crippen LogP contribution in [0.2, 0.25) is 0 Å². The van der Waals surface area contributed by atoms with E-state index in [1.54, 1.807) is 11.8 Å².